The van der Waals surface area contributed by atoms with Crippen LogP contribution in [0.1, 0.15) is 0 Å². The summed E-state index contributed by atoms with van der Waals surface area (Å²) in [5, 5.41) is 4.83. The summed E-state index contributed by atoms with van der Waals surface area (Å²) in [7, 11) is -3.98. The highest BCUT2D eigenvalue weighted by Crippen LogP contribution is 2.28. The lowest BCUT2D eigenvalue weighted by Gasteiger charge is -2.07. The molecule has 0 atom stereocenters. The van der Waals surface area contributed by atoms with Crippen molar-refractivity contribution in [1.82, 2.24) is 0 Å². The van der Waals surface area contributed by atoms with Crippen LogP contribution in [0.15, 0.2) is 48.5 Å². The fraction of sp³-hybridized carbons (Fsp3) is 0. The Hall–Kier alpha value is -1.12. The van der Waals surface area contributed by atoms with E-state index in [9.17, 15) is 8.42 Å². The van der Waals surface area contributed by atoms with Crippen molar-refractivity contribution < 1.29 is 12.6 Å². The topological polar surface area (TPSA) is 69.4 Å². The van der Waals surface area contributed by atoms with Gasteiger partial charge in [-0.1, -0.05) is 36.4 Å². The van der Waals surface area contributed by atoms with E-state index in [1.165, 1.54) is 0 Å². The van der Waals surface area contributed by atoms with E-state index in [-0.39, 0.29) is 5.75 Å². The van der Waals surface area contributed by atoms with Gasteiger partial charge in [0.15, 0.2) is 5.75 Å². The molecule has 0 saturated heterocycles. The van der Waals surface area contributed by atoms with Crippen molar-refractivity contribution in [3.63, 3.8) is 0 Å². The average molecular weight is 375 g/mol. The van der Waals surface area contributed by atoms with Crippen LogP contribution >= 0.6 is 22.6 Å². The minimum atomic E-state index is -3.98. The zero-order chi connectivity index (χ0) is 13.2. The third kappa shape index (κ3) is 3.44. The van der Waals surface area contributed by atoms with E-state index in [0.29, 0.717) is 3.57 Å². The van der Waals surface area contributed by atoms with Crippen LogP contribution in [0.25, 0.3) is 11.1 Å². The van der Waals surface area contributed by atoms with Crippen LogP contribution in [-0.2, 0) is 10.3 Å². The summed E-state index contributed by atoms with van der Waals surface area (Å²) in [5.74, 6) is 0.234. The van der Waals surface area contributed by atoms with Crippen LogP contribution in [0.5, 0.6) is 5.75 Å². The highest BCUT2D eigenvalue weighted by atomic mass is 127. The Labute approximate surface area is 119 Å². The SMILES string of the molecule is NS(=O)(=O)Oc1ccc(-c2ccccc2)cc1I. The van der Waals surface area contributed by atoms with Crippen molar-refractivity contribution in [1.29, 1.82) is 0 Å². The molecule has 0 aliphatic heterocycles. The Bertz CT molecular complexity index is 656. The molecule has 2 aromatic carbocycles. The first-order valence-electron chi connectivity index (χ1n) is 5.03. The highest BCUT2D eigenvalue weighted by Gasteiger charge is 2.09. The van der Waals surface area contributed by atoms with Crippen molar-refractivity contribution in [3.05, 3.63) is 52.1 Å². The first kappa shape index (κ1) is 13.3. The van der Waals surface area contributed by atoms with Gasteiger partial charge in [-0.05, 0) is 45.9 Å². The second kappa shape index (κ2) is 5.25. The zero-order valence-corrected chi connectivity index (χ0v) is 12.2. The Morgan fingerprint density at radius 2 is 1.67 bits per heavy atom. The Morgan fingerprint density at radius 1 is 1.00 bits per heavy atom. The Kier molecular flexibility index (Phi) is 3.88. The van der Waals surface area contributed by atoms with Gasteiger partial charge in [-0.25, -0.2) is 0 Å². The molecule has 0 spiro atoms. The number of nitrogens with two attached hydrogens (primary N) is 1. The summed E-state index contributed by atoms with van der Waals surface area (Å²) in [5.41, 5.74) is 2.04. The molecule has 4 nitrogen and oxygen atoms in total. The zero-order valence-electron chi connectivity index (χ0n) is 9.21. The molecular formula is C12H10INO3S. The maximum atomic E-state index is 10.9. The molecule has 18 heavy (non-hydrogen) atoms. The van der Waals surface area contributed by atoms with Gasteiger partial charge in [0.1, 0.15) is 0 Å². The maximum absolute atomic E-state index is 10.9. The lowest BCUT2D eigenvalue weighted by Crippen LogP contribution is -2.19. The van der Waals surface area contributed by atoms with Gasteiger partial charge in [-0.15, -0.1) is 0 Å². The van der Waals surface area contributed by atoms with Crippen LogP contribution in [0, 0.1) is 3.57 Å². The van der Waals surface area contributed by atoms with Crippen molar-refractivity contribution >= 4 is 32.9 Å². The molecule has 0 unspecified atom stereocenters. The number of hydrogen-bond donors (Lipinski definition) is 1. The van der Waals surface area contributed by atoms with Gasteiger partial charge in [0.05, 0.1) is 3.57 Å². The van der Waals surface area contributed by atoms with E-state index in [2.05, 4.69) is 4.18 Å². The molecule has 2 aromatic rings. The molecule has 0 fully saturated rings. The molecule has 0 saturated carbocycles. The average Bonchev–Trinajstić information content (AvgIpc) is 2.31. The molecule has 0 aliphatic carbocycles. The molecule has 0 heterocycles. The molecule has 6 heteroatoms. The first-order chi connectivity index (χ1) is 8.46. The summed E-state index contributed by atoms with van der Waals surface area (Å²) in [6.45, 7) is 0. The van der Waals surface area contributed by atoms with Gasteiger partial charge >= 0.3 is 10.3 Å². The molecule has 0 aromatic heterocycles. The van der Waals surface area contributed by atoms with Crippen LogP contribution in [0.4, 0.5) is 0 Å². The first-order valence-corrected chi connectivity index (χ1v) is 7.58. The van der Waals surface area contributed by atoms with Gasteiger partial charge in [-0.3, -0.25) is 0 Å². The Morgan fingerprint density at radius 3 is 2.22 bits per heavy atom. The third-order valence-corrected chi connectivity index (χ3v) is 3.50. The standard InChI is InChI=1S/C12H10INO3S/c13-11-8-10(9-4-2-1-3-5-9)6-7-12(11)17-18(14,15)16/h1-8H,(H2,14,15,16). The largest absolute Gasteiger partial charge is 0.380 e. The monoisotopic (exact) mass is 375 g/mol. The van der Waals surface area contributed by atoms with Crippen LogP contribution in [0.3, 0.4) is 0 Å². The quantitative estimate of drug-likeness (QED) is 0.839. The van der Waals surface area contributed by atoms with Gasteiger partial charge in [0.2, 0.25) is 0 Å². The Balaban J connectivity index is 2.37. The molecule has 2 rings (SSSR count). The predicted octanol–water partition coefficient (Wildman–Crippen LogP) is 2.54. The van der Waals surface area contributed by atoms with E-state index < -0.39 is 10.3 Å². The predicted molar refractivity (Wildman–Crippen MR) is 78.3 cm³/mol. The second-order valence-corrected chi connectivity index (χ2v) is 5.90. The number of hydrogen-bond acceptors (Lipinski definition) is 3. The van der Waals surface area contributed by atoms with Crippen LogP contribution < -0.4 is 9.32 Å². The number of rotatable bonds is 3. The van der Waals surface area contributed by atoms with E-state index in [1.54, 1.807) is 12.1 Å². The van der Waals surface area contributed by atoms with Crippen molar-refractivity contribution in [3.8, 4) is 16.9 Å². The fourth-order valence-electron chi connectivity index (χ4n) is 1.50. The lowest BCUT2D eigenvalue weighted by molar-refractivity contribution is 0.486. The molecule has 2 N–H and O–H groups in total. The molecule has 0 aliphatic rings. The number of benzene rings is 2. The van der Waals surface area contributed by atoms with Crippen molar-refractivity contribution in [2.24, 2.45) is 5.14 Å². The number of halogens is 1. The van der Waals surface area contributed by atoms with Gasteiger partial charge in [0, 0.05) is 0 Å². The summed E-state index contributed by atoms with van der Waals surface area (Å²) < 4.78 is 27.1. The van der Waals surface area contributed by atoms with Crippen LogP contribution in [-0.4, -0.2) is 8.42 Å². The van der Waals surface area contributed by atoms with E-state index >= 15 is 0 Å². The van der Waals surface area contributed by atoms with Crippen molar-refractivity contribution in [2.45, 2.75) is 0 Å². The van der Waals surface area contributed by atoms with Crippen molar-refractivity contribution in [2.75, 3.05) is 0 Å². The smallest absolute Gasteiger partial charge is 0.370 e. The summed E-state index contributed by atoms with van der Waals surface area (Å²) in [6, 6.07) is 15.0. The molecule has 94 valence electrons. The summed E-state index contributed by atoms with van der Waals surface area (Å²) >= 11 is 2.01. The summed E-state index contributed by atoms with van der Waals surface area (Å²) in [6.07, 6.45) is 0. The third-order valence-electron chi connectivity index (χ3n) is 2.24. The van der Waals surface area contributed by atoms with E-state index in [1.807, 2.05) is 59.0 Å². The summed E-state index contributed by atoms with van der Waals surface area (Å²) in [4.78, 5) is 0. The van der Waals surface area contributed by atoms with E-state index in [4.69, 9.17) is 5.14 Å². The molecule has 0 bridgehead atoms. The van der Waals surface area contributed by atoms with Gasteiger partial charge < -0.3 is 4.18 Å². The molecule has 0 radical (unpaired) electrons. The molecular weight excluding hydrogens is 365 g/mol. The van der Waals surface area contributed by atoms with Crippen LogP contribution in [0.2, 0.25) is 0 Å². The normalized spacial score (nSPS) is 11.2. The van der Waals surface area contributed by atoms with E-state index in [0.717, 1.165) is 11.1 Å². The highest BCUT2D eigenvalue weighted by molar-refractivity contribution is 14.1. The minimum absolute atomic E-state index is 0.234. The fourth-order valence-corrected chi connectivity index (χ4v) is 2.67. The second-order valence-electron chi connectivity index (χ2n) is 3.59. The molecule has 0 amide bonds. The maximum Gasteiger partial charge on any atom is 0.380 e. The van der Waals surface area contributed by atoms with Gasteiger partial charge in [-0.2, -0.15) is 13.6 Å². The minimum Gasteiger partial charge on any atom is -0.370 e. The van der Waals surface area contributed by atoms with Gasteiger partial charge in [0.25, 0.3) is 0 Å². The lowest BCUT2D eigenvalue weighted by atomic mass is 10.1.